The van der Waals surface area contributed by atoms with Crippen LogP contribution in [0.4, 0.5) is 0 Å². The molecule has 0 heterocycles. The largest absolute Gasteiger partial charge is 0.466 e. The highest BCUT2D eigenvalue weighted by molar-refractivity contribution is 7.45. The highest BCUT2D eigenvalue weighted by atomic mass is 31.2. The van der Waals surface area contributed by atoms with Crippen molar-refractivity contribution < 1.29 is 19.2 Å². The molecule has 0 bridgehead atoms. The van der Waals surface area contributed by atoms with Crippen molar-refractivity contribution in [1.82, 2.24) is 4.90 Å². The van der Waals surface area contributed by atoms with E-state index in [-0.39, 0.29) is 0 Å². The molecule has 0 unspecified atom stereocenters. The summed E-state index contributed by atoms with van der Waals surface area (Å²) in [6.07, 6.45) is 0. The van der Waals surface area contributed by atoms with Crippen molar-refractivity contribution in [2.45, 2.75) is 13.8 Å². The van der Waals surface area contributed by atoms with Crippen molar-refractivity contribution >= 4 is 7.82 Å². The van der Waals surface area contributed by atoms with E-state index in [0.29, 0.717) is 0 Å². The molecule has 0 aliphatic rings. The van der Waals surface area contributed by atoms with Crippen LogP contribution in [-0.4, -0.2) is 39.7 Å². The Labute approximate surface area is 66.9 Å². The summed E-state index contributed by atoms with van der Waals surface area (Å²) in [5.74, 6) is 0. The summed E-state index contributed by atoms with van der Waals surface area (Å²) in [5.41, 5.74) is 0. The maximum atomic E-state index is 8.88. The van der Waals surface area contributed by atoms with E-state index >= 15 is 0 Å². The van der Waals surface area contributed by atoms with E-state index in [1.807, 2.05) is 0 Å². The Morgan fingerprint density at radius 2 is 1.36 bits per heavy atom. The fourth-order valence-electron chi connectivity index (χ4n) is 0.224. The zero-order valence-corrected chi connectivity index (χ0v) is 7.95. The Morgan fingerprint density at radius 1 is 1.18 bits per heavy atom. The van der Waals surface area contributed by atoms with E-state index in [9.17, 15) is 0 Å². The molecule has 11 heavy (non-hydrogen) atoms. The molecule has 0 aromatic rings. The molecule has 0 atom stereocenters. The van der Waals surface area contributed by atoms with Crippen molar-refractivity contribution in [3.05, 3.63) is 0 Å². The zero-order chi connectivity index (χ0) is 9.49. The third-order valence-electron chi connectivity index (χ3n) is 1.08. The smallest absolute Gasteiger partial charge is 0.307 e. The molecule has 0 fully saturated rings. The van der Waals surface area contributed by atoms with Gasteiger partial charge in [-0.25, -0.2) is 4.57 Å². The van der Waals surface area contributed by atoms with Gasteiger partial charge in [-0.2, -0.15) is 0 Å². The fraction of sp³-hybridized carbons (Fsp3) is 1.00. The Morgan fingerprint density at radius 3 is 1.36 bits per heavy atom. The van der Waals surface area contributed by atoms with Crippen molar-refractivity contribution in [2.24, 2.45) is 0 Å². The predicted octanol–water partition coefficient (Wildman–Crippen LogP) is 0.0294. The van der Waals surface area contributed by atoms with Gasteiger partial charge in [0.15, 0.2) is 0 Å². The molecule has 0 amide bonds. The lowest BCUT2D eigenvalue weighted by Crippen LogP contribution is -2.15. The van der Waals surface area contributed by atoms with Crippen LogP contribution >= 0.6 is 7.82 Å². The summed E-state index contributed by atoms with van der Waals surface area (Å²) in [6.45, 7) is 6.64. The molecule has 3 N–H and O–H groups in total. The molecule has 0 saturated heterocycles. The van der Waals surface area contributed by atoms with Crippen LogP contribution in [0, 0.1) is 0 Å². The van der Waals surface area contributed by atoms with Crippen LogP contribution in [0.1, 0.15) is 13.8 Å². The Hall–Kier alpha value is 0.0700. The number of hydrogen-bond acceptors (Lipinski definition) is 2. The van der Waals surface area contributed by atoms with Gasteiger partial charge in [0.05, 0.1) is 0 Å². The zero-order valence-electron chi connectivity index (χ0n) is 7.06. The minimum absolute atomic E-state index is 1.16. The molecule has 0 aromatic carbocycles. The number of nitrogens with zero attached hydrogens (tertiary/aromatic N) is 1. The fourth-order valence-corrected chi connectivity index (χ4v) is 0.224. The molecule has 0 aliphatic carbocycles. The van der Waals surface area contributed by atoms with Gasteiger partial charge < -0.3 is 19.6 Å². The normalized spacial score (nSPS) is 10.8. The van der Waals surface area contributed by atoms with Crippen LogP contribution < -0.4 is 0 Å². The SMILES string of the molecule is CCN(C)CC.O=P(O)(O)O. The van der Waals surface area contributed by atoms with Gasteiger partial charge in [-0.15, -0.1) is 0 Å². The van der Waals surface area contributed by atoms with Gasteiger partial charge in [0.2, 0.25) is 0 Å². The molecule has 5 nitrogen and oxygen atoms in total. The van der Waals surface area contributed by atoms with E-state index in [1.165, 1.54) is 0 Å². The van der Waals surface area contributed by atoms with E-state index in [0.717, 1.165) is 13.1 Å². The monoisotopic (exact) mass is 185 g/mol. The number of hydrogen-bond donors (Lipinski definition) is 3. The van der Waals surface area contributed by atoms with Crippen molar-refractivity contribution in [3.8, 4) is 0 Å². The lowest BCUT2D eigenvalue weighted by Gasteiger charge is -2.07. The van der Waals surface area contributed by atoms with Crippen LogP contribution in [0.3, 0.4) is 0 Å². The van der Waals surface area contributed by atoms with Crippen LogP contribution in [-0.2, 0) is 4.57 Å². The summed E-state index contributed by atoms with van der Waals surface area (Å²) >= 11 is 0. The van der Waals surface area contributed by atoms with Crippen molar-refractivity contribution in [2.75, 3.05) is 20.1 Å². The van der Waals surface area contributed by atoms with E-state index in [2.05, 4.69) is 25.8 Å². The number of phosphoric acid groups is 1. The number of rotatable bonds is 2. The summed E-state index contributed by atoms with van der Waals surface area (Å²) < 4.78 is 8.88. The lowest BCUT2D eigenvalue weighted by molar-refractivity contribution is 0.275. The second-order valence-electron chi connectivity index (χ2n) is 2.00. The van der Waals surface area contributed by atoms with Gasteiger partial charge in [0.25, 0.3) is 0 Å². The first-order valence-electron chi connectivity index (χ1n) is 3.28. The first-order valence-corrected chi connectivity index (χ1v) is 4.84. The molecule has 0 aromatic heterocycles. The minimum Gasteiger partial charge on any atom is -0.307 e. The van der Waals surface area contributed by atoms with Gasteiger partial charge in [-0.3, -0.25) is 0 Å². The standard InChI is InChI=1S/C5H13N.H3O4P/c1-4-6(3)5-2;1-5(2,3)4/h4-5H2,1-3H3;(H3,1,2,3,4). The van der Waals surface area contributed by atoms with Crippen molar-refractivity contribution in [3.63, 3.8) is 0 Å². The maximum Gasteiger partial charge on any atom is 0.466 e. The Balaban J connectivity index is 0. The predicted molar refractivity (Wildman–Crippen MR) is 43.1 cm³/mol. The second kappa shape index (κ2) is 6.76. The third kappa shape index (κ3) is 39.6. The van der Waals surface area contributed by atoms with Crippen LogP contribution in [0.25, 0.3) is 0 Å². The minimum atomic E-state index is -4.64. The average Bonchev–Trinajstić information content (AvgIpc) is 1.83. The van der Waals surface area contributed by atoms with Gasteiger partial charge in [-0.1, -0.05) is 13.8 Å². The maximum absolute atomic E-state index is 8.88. The first-order chi connectivity index (χ1) is 4.81. The molecule has 0 saturated carbocycles. The molecular weight excluding hydrogens is 169 g/mol. The van der Waals surface area contributed by atoms with Gasteiger partial charge >= 0.3 is 7.82 Å². The first kappa shape index (κ1) is 13.6. The van der Waals surface area contributed by atoms with Gasteiger partial charge in [-0.05, 0) is 20.1 Å². The molecule has 0 spiro atoms. The summed E-state index contributed by atoms with van der Waals surface area (Å²) in [6, 6.07) is 0. The van der Waals surface area contributed by atoms with Crippen LogP contribution in [0.2, 0.25) is 0 Å². The lowest BCUT2D eigenvalue weighted by atomic mass is 10.6. The van der Waals surface area contributed by atoms with Gasteiger partial charge in [0.1, 0.15) is 0 Å². The molecule has 0 radical (unpaired) electrons. The molecule has 6 heteroatoms. The third-order valence-corrected chi connectivity index (χ3v) is 1.08. The summed E-state index contributed by atoms with van der Waals surface area (Å²) in [5, 5.41) is 0. The molecule has 0 aliphatic heterocycles. The van der Waals surface area contributed by atoms with E-state index in [4.69, 9.17) is 19.2 Å². The van der Waals surface area contributed by atoms with Crippen LogP contribution in [0.5, 0.6) is 0 Å². The summed E-state index contributed by atoms with van der Waals surface area (Å²) in [7, 11) is -2.53. The second-order valence-corrected chi connectivity index (χ2v) is 3.03. The molecular formula is C5H16NO4P. The average molecular weight is 185 g/mol. The Kier molecular flexibility index (Phi) is 8.39. The quantitative estimate of drug-likeness (QED) is 0.529. The topological polar surface area (TPSA) is 81.0 Å². The van der Waals surface area contributed by atoms with Crippen LogP contribution in [0.15, 0.2) is 0 Å². The van der Waals surface area contributed by atoms with Crippen molar-refractivity contribution in [1.29, 1.82) is 0 Å². The molecule has 0 rings (SSSR count). The van der Waals surface area contributed by atoms with Gasteiger partial charge in [0, 0.05) is 0 Å². The summed E-state index contributed by atoms with van der Waals surface area (Å²) in [4.78, 5) is 23.8. The Bertz CT molecular complexity index is 111. The van der Waals surface area contributed by atoms with E-state index in [1.54, 1.807) is 0 Å². The highest BCUT2D eigenvalue weighted by Crippen LogP contribution is 2.25. The molecule has 70 valence electrons. The van der Waals surface area contributed by atoms with E-state index < -0.39 is 7.82 Å². The highest BCUT2D eigenvalue weighted by Gasteiger charge is 2.00.